The SMILES string of the molecule is O=C(O)c1ccc(O)cc1O.OCC1=CC=CC(CO)(CNCCCCCCOCCCCc2ccccc2)C1. The van der Waals surface area contributed by atoms with Crippen molar-refractivity contribution < 1.29 is 35.1 Å². The molecule has 0 fully saturated rings. The largest absolute Gasteiger partial charge is 0.508 e. The molecule has 0 amide bonds. The third kappa shape index (κ3) is 12.8. The second-order valence-electron chi connectivity index (χ2n) is 10.2. The molecule has 1 unspecified atom stereocenters. The topological polar surface area (TPSA) is 139 Å². The first-order valence-electron chi connectivity index (χ1n) is 14.1. The van der Waals surface area contributed by atoms with Gasteiger partial charge in [0.05, 0.1) is 13.2 Å². The Morgan fingerprint density at radius 2 is 1.65 bits per heavy atom. The van der Waals surface area contributed by atoms with Crippen molar-refractivity contribution in [3.05, 3.63) is 83.5 Å². The van der Waals surface area contributed by atoms with Gasteiger partial charge in [0.25, 0.3) is 0 Å². The minimum absolute atomic E-state index is 0.0706. The van der Waals surface area contributed by atoms with Crippen molar-refractivity contribution in [2.75, 3.05) is 39.5 Å². The molecular formula is C32H45NO7. The predicted molar refractivity (Wildman–Crippen MR) is 157 cm³/mol. The molecule has 220 valence electrons. The monoisotopic (exact) mass is 555 g/mol. The predicted octanol–water partition coefficient (Wildman–Crippen LogP) is 4.83. The molecule has 0 spiro atoms. The number of rotatable bonds is 17. The highest BCUT2D eigenvalue weighted by atomic mass is 16.5. The van der Waals surface area contributed by atoms with Crippen LogP contribution in [-0.4, -0.2) is 71.0 Å². The van der Waals surface area contributed by atoms with E-state index >= 15 is 0 Å². The van der Waals surface area contributed by atoms with Crippen molar-refractivity contribution >= 4 is 5.97 Å². The lowest BCUT2D eigenvalue weighted by Crippen LogP contribution is -2.37. The molecule has 0 saturated carbocycles. The lowest BCUT2D eigenvalue weighted by atomic mass is 9.79. The summed E-state index contributed by atoms with van der Waals surface area (Å²) in [6.07, 6.45) is 14.8. The summed E-state index contributed by atoms with van der Waals surface area (Å²) in [7, 11) is 0. The number of aliphatic hydroxyl groups is 2. The minimum Gasteiger partial charge on any atom is -0.508 e. The van der Waals surface area contributed by atoms with Gasteiger partial charge in [0.15, 0.2) is 0 Å². The third-order valence-electron chi connectivity index (χ3n) is 6.81. The molecule has 8 nitrogen and oxygen atoms in total. The number of aromatic carboxylic acids is 1. The van der Waals surface area contributed by atoms with Crippen LogP contribution in [0, 0.1) is 5.41 Å². The van der Waals surface area contributed by atoms with Crippen LogP contribution < -0.4 is 5.32 Å². The van der Waals surface area contributed by atoms with Crippen LogP contribution in [0.2, 0.25) is 0 Å². The summed E-state index contributed by atoms with van der Waals surface area (Å²) < 4.78 is 5.75. The molecule has 40 heavy (non-hydrogen) atoms. The maximum atomic E-state index is 10.3. The van der Waals surface area contributed by atoms with Crippen LogP contribution in [0.25, 0.3) is 0 Å². The Labute approximate surface area is 237 Å². The van der Waals surface area contributed by atoms with Gasteiger partial charge < -0.3 is 35.6 Å². The lowest BCUT2D eigenvalue weighted by molar-refractivity contribution is 0.0693. The number of aliphatic hydroxyl groups excluding tert-OH is 2. The molecule has 1 atom stereocenters. The molecule has 0 aliphatic heterocycles. The van der Waals surface area contributed by atoms with Crippen LogP contribution in [-0.2, 0) is 11.2 Å². The molecule has 1 aliphatic rings. The second-order valence-corrected chi connectivity index (χ2v) is 10.2. The van der Waals surface area contributed by atoms with Crippen LogP contribution in [0.1, 0.15) is 60.9 Å². The van der Waals surface area contributed by atoms with E-state index in [1.165, 1.54) is 30.9 Å². The summed E-state index contributed by atoms with van der Waals surface area (Å²) in [6, 6.07) is 13.9. The summed E-state index contributed by atoms with van der Waals surface area (Å²) in [4.78, 5) is 10.3. The summed E-state index contributed by atoms with van der Waals surface area (Å²) in [5.74, 6) is -1.81. The first-order valence-corrected chi connectivity index (χ1v) is 14.1. The van der Waals surface area contributed by atoms with Crippen LogP contribution >= 0.6 is 0 Å². The maximum Gasteiger partial charge on any atom is 0.339 e. The Kier molecular flexibility index (Phi) is 15.7. The fraction of sp³-hybridized carbons (Fsp3) is 0.469. The molecular weight excluding hydrogens is 510 g/mol. The standard InChI is InChI=1S/C25H39NO3.C7H6O4/c27-20-24-14-10-15-25(19-24,22-28)21-26-16-7-1-2-8-17-29-18-9-6-13-23-11-4-3-5-12-23;8-4-1-2-5(7(10)11)6(9)3-4/h3-5,10-12,14-15,26-28H,1-2,6-9,13,16-22H2;1-3,8-9H,(H,10,11). The van der Waals surface area contributed by atoms with Gasteiger partial charge >= 0.3 is 5.97 Å². The average Bonchev–Trinajstić information content (AvgIpc) is 2.96. The van der Waals surface area contributed by atoms with E-state index in [2.05, 4.69) is 41.7 Å². The summed E-state index contributed by atoms with van der Waals surface area (Å²) in [5, 5.41) is 48.7. The zero-order valence-corrected chi connectivity index (χ0v) is 23.3. The number of hydrogen-bond acceptors (Lipinski definition) is 7. The van der Waals surface area contributed by atoms with E-state index in [0.29, 0.717) is 0 Å². The summed E-state index contributed by atoms with van der Waals surface area (Å²) in [6.45, 7) is 3.64. The van der Waals surface area contributed by atoms with Gasteiger partial charge in [0, 0.05) is 31.2 Å². The number of carbonyl (C=O) groups is 1. The second kappa shape index (κ2) is 19.0. The Hall–Kier alpha value is -3.17. The number of phenolic OH excluding ortho intramolecular Hbond substituents is 1. The summed E-state index contributed by atoms with van der Waals surface area (Å²) in [5.41, 5.74) is 1.92. The normalized spacial score (nSPS) is 16.2. The number of phenols is 2. The van der Waals surface area contributed by atoms with E-state index in [-0.39, 0.29) is 29.9 Å². The van der Waals surface area contributed by atoms with E-state index in [9.17, 15) is 15.0 Å². The molecule has 2 aromatic rings. The van der Waals surface area contributed by atoms with Gasteiger partial charge in [0.1, 0.15) is 17.1 Å². The van der Waals surface area contributed by atoms with Crippen LogP contribution in [0.15, 0.2) is 72.3 Å². The highest BCUT2D eigenvalue weighted by Crippen LogP contribution is 2.30. The zero-order valence-electron chi connectivity index (χ0n) is 23.3. The van der Waals surface area contributed by atoms with Gasteiger partial charge in [-0.15, -0.1) is 0 Å². The number of carboxylic acid groups (broad SMARTS) is 1. The van der Waals surface area contributed by atoms with Crippen molar-refractivity contribution in [2.24, 2.45) is 5.41 Å². The smallest absolute Gasteiger partial charge is 0.339 e. The number of carboxylic acids is 1. The fourth-order valence-corrected chi connectivity index (χ4v) is 4.48. The van der Waals surface area contributed by atoms with Gasteiger partial charge in [-0.25, -0.2) is 4.79 Å². The average molecular weight is 556 g/mol. The van der Waals surface area contributed by atoms with Crippen molar-refractivity contribution in [3.63, 3.8) is 0 Å². The van der Waals surface area contributed by atoms with E-state index in [4.69, 9.17) is 20.1 Å². The molecule has 0 radical (unpaired) electrons. The first kappa shape index (κ1) is 33.0. The zero-order chi connectivity index (χ0) is 29.1. The van der Waals surface area contributed by atoms with E-state index in [0.717, 1.165) is 76.1 Å². The number of hydrogen-bond donors (Lipinski definition) is 6. The number of benzene rings is 2. The molecule has 0 aromatic heterocycles. The molecule has 1 aliphatic carbocycles. The van der Waals surface area contributed by atoms with E-state index in [1.54, 1.807) is 0 Å². The number of unbranched alkanes of at least 4 members (excludes halogenated alkanes) is 4. The number of aryl methyl sites for hydroxylation is 1. The van der Waals surface area contributed by atoms with E-state index in [1.807, 2.05) is 12.2 Å². The van der Waals surface area contributed by atoms with Gasteiger partial charge in [-0.1, -0.05) is 61.4 Å². The molecule has 8 heteroatoms. The minimum atomic E-state index is -1.22. The van der Waals surface area contributed by atoms with Crippen molar-refractivity contribution in [1.82, 2.24) is 5.32 Å². The molecule has 0 bridgehead atoms. The molecule has 0 heterocycles. The van der Waals surface area contributed by atoms with Gasteiger partial charge in [-0.3, -0.25) is 0 Å². The maximum absolute atomic E-state index is 10.3. The number of ether oxygens (including phenoxy) is 1. The highest BCUT2D eigenvalue weighted by molar-refractivity contribution is 5.90. The molecule has 6 N–H and O–H groups in total. The Morgan fingerprint density at radius 1 is 0.925 bits per heavy atom. The van der Waals surface area contributed by atoms with Crippen molar-refractivity contribution in [1.29, 1.82) is 0 Å². The Balaban J connectivity index is 0.000000425. The number of nitrogens with one attached hydrogen (secondary N) is 1. The molecule has 0 saturated heterocycles. The van der Waals surface area contributed by atoms with Crippen LogP contribution in [0.3, 0.4) is 0 Å². The first-order chi connectivity index (χ1) is 19.4. The number of aromatic hydroxyl groups is 2. The number of allylic oxidation sites excluding steroid dienone is 2. The molecule has 2 aromatic carbocycles. The van der Waals surface area contributed by atoms with Crippen LogP contribution in [0.4, 0.5) is 0 Å². The lowest BCUT2D eigenvalue weighted by Gasteiger charge is -2.32. The van der Waals surface area contributed by atoms with Gasteiger partial charge in [0.2, 0.25) is 0 Å². The summed E-state index contributed by atoms with van der Waals surface area (Å²) >= 11 is 0. The van der Waals surface area contributed by atoms with Crippen molar-refractivity contribution in [2.45, 2.75) is 51.4 Å². The molecule has 3 rings (SSSR count). The van der Waals surface area contributed by atoms with Gasteiger partial charge in [-0.2, -0.15) is 0 Å². The quantitative estimate of drug-likeness (QED) is 0.153. The fourth-order valence-electron chi connectivity index (χ4n) is 4.48. The van der Waals surface area contributed by atoms with Gasteiger partial charge in [-0.05, 0) is 68.3 Å². The Bertz CT molecular complexity index is 1050. The third-order valence-corrected chi connectivity index (χ3v) is 6.81. The highest BCUT2D eigenvalue weighted by Gasteiger charge is 2.28. The Morgan fingerprint density at radius 3 is 2.33 bits per heavy atom. The van der Waals surface area contributed by atoms with E-state index < -0.39 is 11.7 Å². The van der Waals surface area contributed by atoms with Crippen LogP contribution in [0.5, 0.6) is 11.5 Å². The van der Waals surface area contributed by atoms with Crippen molar-refractivity contribution in [3.8, 4) is 11.5 Å².